The van der Waals surface area contributed by atoms with Crippen molar-refractivity contribution in [2.24, 2.45) is 0 Å². The van der Waals surface area contributed by atoms with Crippen molar-refractivity contribution in [3.8, 4) is 0 Å². The molecule has 7 nitrogen and oxygen atoms in total. The van der Waals surface area contributed by atoms with Crippen molar-refractivity contribution in [3.63, 3.8) is 0 Å². The number of carboxylic acid groups (broad SMARTS) is 1. The highest BCUT2D eigenvalue weighted by atomic mass is 16.5. The van der Waals surface area contributed by atoms with Gasteiger partial charge in [-0.15, -0.1) is 0 Å². The zero-order chi connectivity index (χ0) is 15.3. The number of H-pyrrole nitrogens is 1. The van der Waals surface area contributed by atoms with Crippen LogP contribution in [0.3, 0.4) is 0 Å². The smallest absolute Gasteiger partial charge is 0.355 e. The molecule has 1 aromatic heterocycles. The number of esters is 2. The van der Waals surface area contributed by atoms with E-state index in [1.807, 2.05) is 0 Å². The Hall–Kier alpha value is -2.31. The summed E-state index contributed by atoms with van der Waals surface area (Å²) in [6, 6.07) is 0. The molecule has 0 spiro atoms. The fourth-order valence-corrected chi connectivity index (χ4v) is 1.92. The number of carbonyl (C=O) groups is 3. The quantitative estimate of drug-likeness (QED) is 0.762. The Morgan fingerprint density at radius 3 is 2.45 bits per heavy atom. The normalized spacial score (nSPS) is 10.2. The van der Waals surface area contributed by atoms with Gasteiger partial charge in [0.25, 0.3) is 0 Å². The molecule has 1 rings (SSSR count). The zero-order valence-electron chi connectivity index (χ0n) is 11.6. The standard InChI is InChI=1S/C13H17NO6/c1-4-20-13(18)11-8(5-6-9(15)19-3)10(12(16)17)7(2)14-11/h14H,4-6H2,1-3H3,(H,16,17). The van der Waals surface area contributed by atoms with Crippen LogP contribution in [-0.2, 0) is 20.7 Å². The van der Waals surface area contributed by atoms with Crippen LogP contribution in [0.5, 0.6) is 0 Å². The van der Waals surface area contributed by atoms with Gasteiger partial charge in [-0.25, -0.2) is 9.59 Å². The van der Waals surface area contributed by atoms with Gasteiger partial charge in [0.15, 0.2) is 0 Å². The number of methoxy groups -OCH3 is 1. The van der Waals surface area contributed by atoms with Crippen molar-refractivity contribution in [3.05, 3.63) is 22.5 Å². The Balaban J connectivity index is 3.17. The van der Waals surface area contributed by atoms with E-state index in [9.17, 15) is 19.5 Å². The number of rotatable bonds is 6. The van der Waals surface area contributed by atoms with Crippen LogP contribution < -0.4 is 0 Å². The number of aromatic carboxylic acids is 1. The fraction of sp³-hybridized carbons (Fsp3) is 0.462. The first-order valence-corrected chi connectivity index (χ1v) is 6.11. The predicted octanol–water partition coefficient (Wildman–Crippen LogP) is 1.30. The summed E-state index contributed by atoms with van der Waals surface area (Å²) in [5, 5.41) is 9.21. The van der Waals surface area contributed by atoms with Crippen LogP contribution in [0.4, 0.5) is 0 Å². The third kappa shape index (κ3) is 3.37. The van der Waals surface area contributed by atoms with E-state index in [0.29, 0.717) is 5.69 Å². The lowest BCUT2D eigenvalue weighted by Gasteiger charge is -2.05. The largest absolute Gasteiger partial charge is 0.478 e. The van der Waals surface area contributed by atoms with Crippen molar-refractivity contribution in [1.82, 2.24) is 4.98 Å². The zero-order valence-corrected chi connectivity index (χ0v) is 11.6. The highest BCUT2D eigenvalue weighted by Gasteiger charge is 2.25. The van der Waals surface area contributed by atoms with Gasteiger partial charge in [0.05, 0.1) is 19.3 Å². The summed E-state index contributed by atoms with van der Waals surface area (Å²) in [5.41, 5.74) is 0.682. The van der Waals surface area contributed by atoms with E-state index in [1.54, 1.807) is 13.8 Å². The number of ether oxygens (including phenoxy) is 2. The lowest BCUT2D eigenvalue weighted by molar-refractivity contribution is -0.140. The molecule has 0 amide bonds. The molecule has 0 aromatic carbocycles. The molecule has 0 saturated carbocycles. The van der Waals surface area contributed by atoms with Crippen molar-refractivity contribution in [2.45, 2.75) is 26.7 Å². The lowest BCUT2D eigenvalue weighted by atomic mass is 10.0. The van der Waals surface area contributed by atoms with Crippen molar-refractivity contribution < 1.29 is 29.0 Å². The minimum absolute atomic E-state index is 0.00282. The second-order valence-electron chi connectivity index (χ2n) is 4.08. The molecule has 0 aliphatic carbocycles. The van der Waals surface area contributed by atoms with Gasteiger partial charge in [-0.2, -0.15) is 0 Å². The van der Waals surface area contributed by atoms with E-state index >= 15 is 0 Å². The maximum Gasteiger partial charge on any atom is 0.355 e. The van der Waals surface area contributed by atoms with Gasteiger partial charge in [-0.05, 0) is 25.8 Å². The lowest BCUT2D eigenvalue weighted by Crippen LogP contribution is -2.11. The van der Waals surface area contributed by atoms with Crippen molar-refractivity contribution in [2.75, 3.05) is 13.7 Å². The number of aromatic amines is 1. The average Bonchev–Trinajstić information content (AvgIpc) is 2.73. The SMILES string of the molecule is CCOC(=O)c1[nH]c(C)c(C(=O)O)c1CCC(=O)OC. The first kappa shape index (κ1) is 15.7. The monoisotopic (exact) mass is 283 g/mol. The number of aromatic nitrogens is 1. The van der Waals surface area contributed by atoms with Crippen LogP contribution in [-0.4, -0.2) is 41.7 Å². The minimum atomic E-state index is -1.16. The molecule has 0 saturated heterocycles. The van der Waals surface area contributed by atoms with E-state index in [4.69, 9.17) is 4.74 Å². The molecule has 1 heterocycles. The molecule has 7 heteroatoms. The Labute approximate surface area is 115 Å². The Bertz CT molecular complexity index is 531. The second kappa shape index (κ2) is 6.74. The topological polar surface area (TPSA) is 106 Å². The maximum absolute atomic E-state index is 11.8. The van der Waals surface area contributed by atoms with E-state index < -0.39 is 17.9 Å². The highest BCUT2D eigenvalue weighted by Crippen LogP contribution is 2.22. The first-order valence-electron chi connectivity index (χ1n) is 6.11. The molecular formula is C13H17NO6. The summed E-state index contributed by atoms with van der Waals surface area (Å²) in [6.45, 7) is 3.38. The van der Waals surface area contributed by atoms with E-state index in [0.717, 1.165) is 0 Å². The van der Waals surface area contributed by atoms with Crippen LogP contribution in [0.25, 0.3) is 0 Å². The summed E-state index contributed by atoms with van der Waals surface area (Å²) in [4.78, 5) is 37.0. The molecule has 1 aromatic rings. The van der Waals surface area contributed by atoms with Gasteiger partial charge in [-0.1, -0.05) is 0 Å². The van der Waals surface area contributed by atoms with Crippen LogP contribution in [0.1, 0.15) is 45.4 Å². The summed E-state index contributed by atoms with van der Waals surface area (Å²) in [7, 11) is 1.25. The molecule has 0 aliphatic rings. The molecule has 0 bridgehead atoms. The third-order valence-electron chi connectivity index (χ3n) is 2.79. The van der Waals surface area contributed by atoms with Crippen LogP contribution in [0.15, 0.2) is 0 Å². The molecule has 2 N–H and O–H groups in total. The van der Waals surface area contributed by atoms with E-state index in [-0.39, 0.29) is 36.3 Å². The third-order valence-corrected chi connectivity index (χ3v) is 2.79. The second-order valence-corrected chi connectivity index (χ2v) is 4.08. The van der Waals surface area contributed by atoms with Crippen molar-refractivity contribution >= 4 is 17.9 Å². The molecular weight excluding hydrogens is 266 g/mol. The van der Waals surface area contributed by atoms with Gasteiger partial charge in [-0.3, -0.25) is 4.79 Å². The molecule has 0 radical (unpaired) electrons. The number of carbonyl (C=O) groups excluding carboxylic acids is 2. The summed E-state index contributed by atoms with van der Waals surface area (Å²) >= 11 is 0. The molecule has 20 heavy (non-hydrogen) atoms. The Kier molecular flexibility index (Phi) is 5.31. The van der Waals surface area contributed by atoms with Crippen LogP contribution in [0.2, 0.25) is 0 Å². The number of aryl methyl sites for hydroxylation is 1. The number of nitrogens with one attached hydrogen (secondary N) is 1. The van der Waals surface area contributed by atoms with E-state index in [2.05, 4.69) is 9.72 Å². The minimum Gasteiger partial charge on any atom is -0.478 e. The summed E-state index contributed by atoms with van der Waals surface area (Å²) < 4.78 is 9.38. The maximum atomic E-state index is 11.8. The van der Waals surface area contributed by atoms with Crippen LogP contribution >= 0.6 is 0 Å². The van der Waals surface area contributed by atoms with Gasteiger partial charge in [0.1, 0.15) is 5.69 Å². The predicted molar refractivity (Wildman–Crippen MR) is 68.8 cm³/mol. The molecule has 0 fully saturated rings. The summed E-state index contributed by atoms with van der Waals surface area (Å²) in [6.07, 6.45) is 0.0767. The highest BCUT2D eigenvalue weighted by molar-refractivity contribution is 5.98. The van der Waals surface area contributed by atoms with Gasteiger partial charge >= 0.3 is 17.9 Å². The Morgan fingerprint density at radius 1 is 1.30 bits per heavy atom. The number of carboxylic acids is 1. The van der Waals surface area contributed by atoms with Gasteiger partial charge in [0.2, 0.25) is 0 Å². The molecule has 0 aliphatic heterocycles. The molecule has 110 valence electrons. The van der Waals surface area contributed by atoms with Gasteiger partial charge in [0, 0.05) is 12.1 Å². The van der Waals surface area contributed by atoms with Crippen LogP contribution in [0, 0.1) is 6.92 Å². The Morgan fingerprint density at radius 2 is 1.95 bits per heavy atom. The molecule has 0 unspecified atom stereocenters. The number of hydrogen-bond acceptors (Lipinski definition) is 5. The first-order chi connectivity index (χ1) is 9.42. The molecule has 0 atom stereocenters. The van der Waals surface area contributed by atoms with Gasteiger partial charge < -0.3 is 19.6 Å². The van der Waals surface area contributed by atoms with Crippen molar-refractivity contribution in [1.29, 1.82) is 0 Å². The average molecular weight is 283 g/mol. The summed E-state index contributed by atoms with van der Waals surface area (Å²) in [5.74, 6) is -2.27. The fourth-order valence-electron chi connectivity index (χ4n) is 1.92. The van der Waals surface area contributed by atoms with E-state index in [1.165, 1.54) is 7.11 Å². The number of hydrogen-bond donors (Lipinski definition) is 2.